The van der Waals surface area contributed by atoms with Crippen LogP contribution < -0.4 is 9.47 Å². The zero-order valence-corrected chi connectivity index (χ0v) is 12.6. The highest BCUT2D eigenvalue weighted by atomic mass is 127. The monoisotopic (exact) mass is 364 g/mol. The number of alkyl halides is 1. The lowest BCUT2D eigenvalue weighted by Crippen LogP contribution is -2.12. The number of hydrogen-bond donors (Lipinski definition) is 1. The number of hydrogen-bond acceptors (Lipinski definition) is 3. The highest BCUT2D eigenvalue weighted by Crippen LogP contribution is 2.26. The molecule has 5 heteroatoms. The van der Waals surface area contributed by atoms with Gasteiger partial charge in [-0.05, 0) is 30.9 Å². The Labute approximate surface area is 120 Å². The van der Waals surface area contributed by atoms with E-state index < -0.39 is 5.97 Å². The van der Waals surface area contributed by atoms with Gasteiger partial charge in [-0.15, -0.1) is 0 Å². The highest BCUT2D eigenvalue weighted by molar-refractivity contribution is 14.1. The van der Waals surface area contributed by atoms with Gasteiger partial charge in [0.15, 0.2) is 0 Å². The van der Waals surface area contributed by atoms with E-state index in [2.05, 4.69) is 0 Å². The maximum Gasteiger partial charge on any atom is 0.316 e. The Bertz CT molecular complexity index is 406. The standard InChI is InChI=1S/C13H17IO4/c1-17-10-7-6-9(12(8-10)18-2)4-3-5-11(14)13(15)16/h6-8,11H,3-5H2,1-2H3,(H,15,16). The van der Waals surface area contributed by atoms with Crippen LogP contribution >= 0.6 is 22.6 Å². The molecule has 0 spiro atoms. The molecular weight excluding hydrogens is 347 g/mol. The van der Waals surface area contributed by atoms with E-state index in [1.165, 1.54) is 0 Å². The fourth-order valence-electron chi connectivity index (χ4n) is 1.65. The lowest BCUT2D eigenvalue weighted by Gasteiger charge is -2.10. The smallest absolute Gasteiger partial charge is 0.316 e. The van der Waals surface area contributed by atoms with Crippen molar-refractivity contribution in [1.29, 1.82) is 0 Å². The number of carbonyl (C=O) groups is 1. The number of carboxylic acid groups (broad SMARTS) is 1. The van der Waals surface area contributed by atoms with E-state index in [-0.39, 0.29) is 3.92 Å². The molecule has 0 aliphatic carbocycles. The van der Waals surface area contributed by atoms with Gasteiger partial charge in [-0.3, -0.25) is 4.79 Å². The summed E-state index contributed by atoms with van der Waals surface area (Å²) in [5.74, 6) is 0.792. The molecule has 0 aliphatic heterocycles. The molecular formula is C13H17IO4. The molecule has 1 aromatic carbocycles. The van der Waals surface area contributed by atoms with E-state index in [1.54, 1.807) is 14.2 Å². The molecule has 0 saturated carbocycles. The summed E-state index contributed by atoms with van der Waals surface area (Å²) in [7, 11) is 3.23. The minimum Gasteiger partial charge on any atom is -0.497 e. The van der Waals surface area contributed by atoms with Gasteiger partial charge in [0.25, 0.3) is 0 Å². The fourth-order valence-corrected chi connectivity index (χ4v) is 2.09. The van der Waals surface area contributed by atoms with Crippen LogP contribution in [0.2, 0.25) is 0 Å². The average molecular weight is 364 g/mol. The number of methoxy groups -OCH3 is 2. The summed E-state index contributed by atoms with van der Waals surface area (Å²) in [6, 6.07) is 5.69. The van der Waals surface area contributed by atoms with Crippen molar-refractivity contribution in [3.63, 3.8) is 0 Å². The van der Waals surface area contributed by atoms with Gasteiger partial charge in [0.2, 0.25) is 0 Å². The molecule has 1 unspecified atom stereocenters. The van der Waals surface area contributed by atoms with Gasteiger partial charge in [-0.25, -0.2) is 0 Å². The SMILES string of the molecule is COc1ccc(CCCC(I)C(=O)O)c(OC)c1. The number of benzene rings is 1. The number of carboxylic acids is 1. The Morgan fingerprint density at radius 3 is 2.67 bits per heavy atom. The Balaban J connectivity index is 2.59. The Kier molecular flexibility index (Phi) is 6.24. The summed E-state index contributed by atoms with van der Waals surface area (Å²) in [4.78, 5) is 10.7. The summed E-state index contributed by atoms with van der Waals surface area (Å²) < 4.78 is 10.1. The molecule has 1 atom stereocenters. The minimum atomic E-state index is -0.753. The zero-order valence-electron chi connectivity index (χ0n) is 10.5. The number of ether oxygens (including phenoxy) is 2. The Morgan fingerprint density at radius 2 is 2.11 bits per heavy atom. The first-order valence-electron chi connectivity index (χ1n) is 5.66. The second kappa shape index (κ2) is 7.45. The predicted molar refractivity (Wildman–Crippen MR) is 77.9 cm³/mol. The third kappa shape index (κ3) is 4.36. The molecule has 4 nitrogen and oxygen atoms in total. The normalized spacial score (nSPS) is 11.9. The van der Waals surface area contributed by atoms with Gasteiger partial charge in [-0.2, -0.15) is 0 Å². The molecule has 0 bridgehead atoms. The largest absolute Gasteiger partial charge is 0.497 e. The van der Waals surface area contributed by atoms with E-state index >= 15 is 0 Å². The maximum atomic E-state index is 10.7. The first-order chi connectivity index (χ1) is 8.58. The molecule has 100 valence electrons. The van der Waals surface area contributed by atoms with Gasteiger partial charge in [0.1, 0.15) is 15.4 Å². The molecule has 0 fully saturated rings. The number of rotatable bonds is 7. The van der Waals surface area contributed by atoms with Crippen molar-refractivity contribution in [1.82, 2.24) is 0 Å². The van der Waals surface area contributed by atoms with E-state index in [0.29, 0.717) is 6.42 Å². The van der Waals surface area contributed by atoms with Gasteiger partial charge >= 0.3 is 5.97 Å². The summed E-state index contributed by atoms with van der Waals surface area (Å²) in [5.41, 5.74) is 1.08. The number of halogens is 1. The van der Waals surface area contributed by atoms with Crippen LogP contribution in [0.1, 0.15) is 18.4 Å². The van der Waals surface area contributed by atoms with Crippen molar-refractivity contribution in [2.75, 3.05) is 14.2 Å². The van der Waals surface area contributed by atoms with E-state index in [4.69, 9.17) is 14.6 Å². The molecule has 0 amide bonds. The van der Waals surface area contributed by atoms with Crippen LogP contribution in [0.25, 0.3) is 0 Å². The van der Waals surface area contributed by atoms with Crippen molar-refractivity contribution in [3.8, 4) is 11.5 Å². The van der Waals surface area contributed by atoms with Crippen molar-refractivity contribution < 1.29 is 19.4 Å². The first kappa shape index (κ1) is 15.1. The number of aryl methyl sites for hydroxylation is 1. The molecule has 0 heterocycles. The first-order valence-corrected chi connectivity index (χ1v) is 6.90. The molecule has 18 heavy (non-hydrogen) atoms. The highest BCUT2D eigenvalue weighted by Gasteiger charge is 2.13. The molecule has 0 saturated heterocycles. The fraction of sp³-hybridized carbons (Fsp3) is 0.462. The molecule has 1 N–H and O–H groups in total. The lowest BCUT2D eigenvalue weighted by molar-refractivity contribution is -0.136. The second-order valence-electron chi connectivity index (χ2n) is 3.88. The second-order valence-corrected chi connectivity index (χ2v) is 5.38. The van der Waals surface area contributed by atoms with Gasteiger partial charge in [0.05, 0.1) is 14.2 Å². The summed E-state index contributed by atoms with van der Waals surface area (Å²) in [5, 5.41) is 8.80. The summed E-state index contributed by atoms with van der Waals surface area (Å²) >= 11 is 1.95. The van der Waals surface area contributed by atoms with Crippen molar-refractivity contribution in [3.05, 3.63) is 23.8 Å². The third-order valence-corrected chi connectivity index (χ3v) is 3.82. The van der Waals surface area contributed by atoms with Crippen LogP contribution in [0.5, 0.6) is 11.5 Å². The van der Waals surface area contributed by atoms with Crippen LogP contribution in [-0.2, 0) is 11.2 Å². The van der Waals surface area contributed by atoms with Crippen LogP contribution in [-0.4, -0.2) is 29.2 Å². The average Bonchev–Trinajstić information content (AvgIpc) is 2.38. The zero-order chi connectivity index (χ0) is 13.5. The van der Waals surface area contributed by atoms with E-state index in [1.807, 2.05) is 40.8 Å². The van der Waals surface area contributed by atoms with Gasteiger partial charge < -0.3 is 14.6 Å². The van der Waals surface area contributed by atoms with Crippen molar-refractivity contribution >= 4 is 28.6 Å². The van der Waals surface area contributed by atoms with Crippen molar-refractivity contribution in [2.45, 2.75) is 23.2 Å². The van der Waals surface area contributed by atoms with Crippen LogP contribution in [0.3, 0.4) is 0 Å². The molecule has 0 radical (unpaired) electrons. The maximum absolute atomic E-state index is 10.7. The van der Waals surface area contributed by atoms with Crippen molar-refractivity contribution in [2.24, 2.45) is 0 Å². The lowest BCUT2D eigenvalue weighted by atomic mass is 10.1. The quantitative estimate of drug-likeness (QED) is 0.597. The molecule has 1 aromatic rings. The van der Waals surface area contributed by atoms with E-state index in [0.717, 1.165) is 29.9 Å². The predicted octanol–water partition coefficient (Wildman–Crippen LogP) is 2.91. The third-order valence-electron chi connectivity index (χ3n) is 2.67. The van der Waals surface area contributed by atoms with Crippen LogP contribution in [0.15, 0.2) is 18.2 Å². The van der Waals surface area contributed by atoms with Crippen LogP contribution in [0.4, 0.5) is 0 Å². The molecule has 0 aliphatic rings. The Morgan fingerprint density at radius 1 is 1.39 bits per heavy atom. The topological polar surface area (TPSA) is 55.8 Å². The molecule has 0 aromatic heterocycles. The number of aliphatic carboxylic acids is 1. The summed E-state index contributed by atoms with van der Waals surface area (Å²) in [6.07, 6.45) is 2.29. The van der Waals surface area contributed by atoms with E-state index in [9.17, 15) is 4.79 Å². The van der Waals surface area contributed by atoms with Gasteiger partial charge in [0, 0.05) is 6.07 Å². The van der Waals surface area contributed by atoms with Crippen LogP contribution in [0, 0.1) is 0 Å². The van der Waals surface area contributed by atoms with Gasteiger partial charge in [-0.1, -0.05) is 28.7 Å². The summed E-state index contributed by atoms with van der Waals surface area (Å²) in [6.45, 7) is 0. The molecule has 1 rings (SSSR count). The Hall–Kier alpha value is -0.980. The minimum absolute atomic E-state index is 0.327.